The van der Waals surface area contributed by atoms with Gasteiger partial charge in [0.15, 0.2) is 0 Å². The van der Waals surface area contributed by atoms with Crippen LogP contribution in [0.1, 0.15) is 0 Å². The van der Waals surface area contributed by atoms with Gasteiger partial charge < -0.3 is 80.0 Å². The van der Waals surface area contributed by atoms with Crippen molar-refractivity contribution in [3.05, 3.63) is 0 Å². The zero-order chi connectivity index (χ0) is 19.4. The van der Waals surface area contributed by atoms with Gasteiger partial charge in [-0.05, 0) is 6.82 Å². The molecule has 0 aromatic rings. The van der Waals surface area contributed by atoms with Gasteiger partial charge in [0, 0.05) is 0 Å². The lowest BCUT2D eigenvalue weighted by atomic mass is 9.74. The molecule has 0 bridgehead atoms. The maximum Gasteiger partial charge on any atom is 0.582 e. The molecule has 4 heterocycles. The van der Waals surface area contributed by atoms with E-state index in [-0.39, 0.29) is 0 Å². The standard InChI is InChI=1S/CH8B9O17/c1-2-16-3(11)19-8(18-2)22-6(14)24-10(26-8)25-7(15)23-9(27-10)20-4(12)17-5(13)21-9/h11-15H,1H3/q-3. The quantitative estimate of drug-likeness (QED) is 0.243. The Labute approximate surface area is 152 Å². The molecule has 17 nitrogen and oxygen atoms in total. The zero-order valence-electron chi connectivity index (χ0n) is 13.3. The zero-order valence-corrected chi connectivity index (χ0v) is 13.3. The fraction of sp³-hybridized carbons (Fsp3) is 1.00. The van der Waals surface area contributed by atoms with Crippen LogP contribution in [-0.2, 0) is 54.9 Å². The van der Waals surface area contributed by atoms with E-state index in [4.69, 9.17) is 50.3 Å². The first-order valence-corrected chi connectivity index (χ1v) is 7.53. The van der Waals surface area contributed by atoms with E-state index in [0.29, 0.717) is 0 Å². The van der Waals surface area contributed by atoms with E-state index in [1.807, 2.05) is 0 Å². The van der Waals surface area contributed by atoms with Crippen molar-refractivity contribution in [1.29, 1.82) is 0 Å². The third-order valence-electron chi connectivity index (χ3n) is 3.55. The average Bonchev–Trinajstić information content (AvgIpc) is 2.40. The van der Waals surface area contributed by atoms with E-state index >= 15 is 0 Å². The maximum absolute atomic E-state index is 9.84. The Balaban J connectivity index is 1.62. The average molecular weight is 389 g/mol. The molecule has 4 saturated heterocycles. The minimum Gasteiger partial charge on any atom is -0.682 e. The molecule has 4 aliphatic rings. The first kappa shape index (κ1) is 20.2. The molecule has 5 N–H and O–H groups in total. The van der Waals surface area contributed by atoms with Gasteiger partial charge >= 0.3 is 64.6 Å². The second-order valence-electron chi connectivity index (χ2n) is 5.47. The summed E-state index contributed by atoms with van der Waals surface area (Å²) in [7, 11) is -11.8. The summed E-state index contributed by atoms with van der Waals surface area (Å²) in [6.45, 7) is -9.62. The van der Waals surface area contributed by atoms with Crippen LogP contribution in [0.4, 0.5) is 0 Å². The molecule has 144 valence electrons. The summed E-state index contributed by atoms with van der Waals surface area (Å²) in [6, 6.07) is 0. The maximum atomic E-state index is 9.84. The van der Waals surface area contributed by atoms with E-state index in [0.717, 1.165) is 0 Å². The van der Waals surface area contributed by atoms with Crippen molar-refractivity contribution in [2.45, 2.75) is 6.82 Å². The lowest BCUT2D eigenvalue weighted by Crippen LogP contribution is -2.80. The van der Waals surface area contributed by atoms with E-state index < -0.39 is 64.6 Å². The molecule has 4 aliphatic heterocycles. The first-order valence-electron chi connectivity index (χ1n) is 7.53. The van der Waals surface area contributed by atoms with Crippen LogP contribution in [0.5, 0.6) is 0 Å². The highest BCUT2D eigenvalue weighted by molar-refractivity contribution is 6.91. The molecule has 0 saturated carbocycles. The Morgan fingerprint density at radius 2 is 0.852 bits per heavy atom. The summed E-state index contributed by atoms with van der Waals surface area (Å²) in [5.74, 6) is 0. The third kappa shape index (κ3) is 4.12. The predicted molar refractivity (Wildman–Crippen MR) is 81.8 cm³/mol. The normalized spacial score (nSPS) is 37.1. The minimum atomic E-state index is -3.77. The van der Waals surface area contributed by atoms with Crippen molar-refractivity contribution in [3.63, 3.8) is 0 Å². The molecule has 0 aromatic carbocycles. The number of hydrogen-bond acceptors (Lipinski definition) is 17. The van der Waals surface area contributed by atoms with Gasteiger partial charge in [-0.25, -0.2) is 0 Å². The summed E-state index contributed by atoms with van der Waals surface area (Å²) < 4.78 is 58.3. The second-order valence-corrected chi connectivity index (χ2v) is 5.47. The Kier molecular flexibility index (Phi) is 5.23. The fourth-order valence-electron chi connectivity index (χ4n) is 2.67. The van der Waals surface area contributed by atoms with Crippen LogP contribution >= 0.6 is 0 Å². The van der Waals surface area contributed by atoms with Crippen molar-refractivity contribution in [2.75, 3.05) is 0 Å². The molecule has 27 heavy (non-hydrogen) atoms. The fourth-order valence-corrected chi connectivity index (χ4v) is 2.67. The van der Waals surface area contributed by atoms with Crippen LogP contribution in [0, 0.1) is 0 Å². The van der Waals surface area contributed by atoms with Crippen molar-refractivity contribution in [3.8, 4) is 0 Å². The van der Waals surface area contributed by atoms with Crippen LogP contribution < -0.4 is 0 Å². The van der Waals surface area contributed by atoms with E-state index in [2.05, 4.69) is 4.57 Å². The van der Waals surface area contributed by atoms with Crippen LogP contribution in [-0.4, -0.2) is 89.7 Å². The van der Waals surface area contributed by atoms with Gasteiger partial charge in [0.1, 0.15) is 0 Å². The van der Waals surface area contributed by atoms with Gasteiger partial charge in [0.25, 0.3) is 0 Å². The van der Waals surface area contributed by atoms with Crippen LogP contribution in [0.25, 0.3) is 0 Å². The molecule has 2 atom stereocenters. The molecular weight excluding hydrogens is 381 g/mol. The molecule has 0 aromatic heterocycles. The molecule has 0 radical (unpaired) electrons. The summed E-state index contributed by atoms with van der Waals surface area (Å²) in [5.41, 5.74) is 0. The third-order valence-corrected chi connectivity index (χ3v) is 3.55. The highest BCUT2D eigenvalue weighted by Gasteiger charge is 2.60. The van der Waals surface area contributed by atoms with Crippen molar-refractivity contribution in [1.82, 2.24) is 0 Å². The van der Waals surface area contributed by atoms with Gasteiger partial charge in [0.2, 0.25) is 0 Å². The molecule has 0 amide bonds. The van der Waals surface area contributed by atoms with E-state index in [9.17, 15) is 25.1 Å². The topological polar surface area (TPSA) is 212 Å². The lowest BCUT2D eigenvalue weighted by Gasteiger charge is -2.68. The largest absolute Gasteiger partial charge is 0.682 e. The van der Waals surface area contributed by atoms with E-state index in [1.54, 1.807) is 0 Å². The van der Waals surface area contributed by atoms with Crippen LogP contribution in [0.2, 0.25) is 6.82 Å². The summed E-state index contributed by atoms with van der Waals surface area (Å²) in [5, 5.41) is 48.1. The Hall–Kier alpha value is -0.0956. The molecule has 4 fully saturated rings. The minimum absolute atomic E-state index is 1.16. The van der Waals surface area contributed by atoms with Gasteiger partial charge in [-0.15, -0.1) is 0 Å². The van der Waals surface area contributed by atoms with Crippen molar-refractivity contribution >= 4 is 64.6 Å². The number of rotatable bonds is 0. The molecule has 4 rings (SSSR count). The van der Waals surface area contributed by atoms with Crippen molar-refractivity contribution in [2.24, 2.45) is 0 Å². The Morgan fingerprint density at radius 1 is 0.481 bits per heavy atom. The Morgan fingerprint density at radius 3 is 1.33 bits per heavy atom. The highest BCUT2D eigenvalue weighted by atomic mass is 17.1. The summed E-state index contributed by atoms with van der Waals surface area (Å²) in [6.07, 6.45) is 0. The summed E-state index contributed by atoms with van der Waals surface area (Å²) >= 11 is 0. The molecule has 26 heteroatoms. The van der Waals surface area contributed by atoms with Gasteiger partial charge in [-0.1, -0.05) is 0 Å². The first-order chi connectivity index (χ1) is 12.6. The van der Waals surface area contributed by atoms with Gasteiger partial charge in [0.05, 0.1) is 0 Å². The van der Waals surface area contributed by atoms with Crippen LogP contribution in [0.3, 0.4) is 0 Å². The van der Waals surface area contributed by atoms with Crippen molar-refractivity contribution < 1.29 is 80.0 Å². The highest BCUT2D eigenvalue weighted by Crippen LogP contribution is 2.37. The number of hydrogen-bond donors (Lipinski definition) is 5. The SMILES string of the molecule is CB1OB(O)O[B-]2(O1)OB(O)O[B-]1(OB(O)O[B-]3(OB(O)OB(O)O3)O1)O2. The lowest BCUT2D eigenvalue weighted by molar-refractivity contribution is -0.0569. The van der Waals surface area contributed by atoms with Gasteiger partial charge in [-0.2, -0.15) is 0 Å². The van der Waals surface area contributed by atoms with E-state index in [1.165, 1.54) is 6.82 Å². The van der Waals surface area contributed by atoms with Crippen LogP contribution in [0.15, 0.2) is 0 Å². The Bertz CT molecular complexity index is 482. The molecule has 2 unspecified atom stereocenters. The molecule has 0 aliphatic carbocycles. The molecule has 3 spiro atoms. The second kappa shape index (κ2) is 7.00. The molecular formula is CH8B9O17-3. The monoisotopic (exact) mass is 391 g/mol. The smallest absolute Gasteiger partial charge is 0.582 e. The van der Waals surface area contributed by atoms with Gasteiger partial charge in [-0.3, -0.25) is 0 Å². The summed E-state index contributed by atoms with van der Waals surface area (Å²) in [4.78, 5) is 0. The predicted octanol–water partition coefficient (Wildman–Crippen LogP) is -6.45.